The molecule has 0 saturated heterocycles. The van der Waals surface area contributed by atoms with Crippen LogP contribution in [0, 0.1) is 6.20 Å². The maximum Gasteiger partial charge on any atom is 0.167 e. The molecule has 0 saturated carbocycles. The molecule has 0 unspecified atom stereocenters. The Morgan fingerprint density at radius 3 is 2.58 bits per heavy atom. The Balaban J connectivity index is 2.43. The number of benzene rings is 1. The smallest absolute Gasteiger partial charge is 0.167 e. The maximum absolute atomic E-state index is 4.94. The monoisotopic (exact) mass is 222 g/mol. The molecule has 1 aromatic carbocycles. The Bertz CT molecular complexity index is 353. The Morgan fingerprint density at radius 1 is 1.25 bits per heavy atom. The van der Waals surface area contributed by atoms with Crippen LogP contribution in [0.1, 0.15) is 0 Å². The van der Waals surface area contributed by atoms with Crippen molar-refractivity contribution in [2.45, 2.75) is 0 Å². The lowest BCUT2D eigenvalue weighted by Crippen LogP contribution is -1.71. The fourth-order valence-electron chi connectivity index (χ4n) is 0.937. The third-order valence-electron chi connectivity index (χ3n) is 1.52. The molecule has 2 nitrogen and oxygen atoms in total. The topological polar surface area (TPSA) is 26.0 Å². The van der Waals surface area contributed by atoms with Gasteiger partial charge in [-0.25, -0.2) is 0 Å². The first-order chi connectivity index (χ1) is 5.86. The van der Waals surface area contributed by atoms with Gasteiger partial charge in [-0.1, -0.05) is 33.2 Å². The third kappa shape index (κ3) is 1.41. The summed E-state index contributed by atoms with van der Waals surface area (Å²) in [5.74, 6) is 0.738. The number of hydrogen-bond acceptors (Lipinski definition) is 2. The van der Waals surface area contributed by atoms with Crippen molar-refractivity contribution in [3.05, 3.63) is 41.0 Å². The van der Waals surface area contributed by atoms with E-state index in [2.05, 4.69) is 27.3 Å². The van der Waals surface area contributed by atoms with Gasteiger partial charge in [0.25, 0.3) is 0 Å². The van der Waals surface area contributed by atoms with Crippen molar-refractivity contribution >= 4 is 15.9 Å². The van der Waals surface area contributed by atoms with Crippen LogP contribution in [0.15, 0.2) is 39.3 Å². The number of nitrogens with zero attached hydrogens (tertiary/aromatic N) is 1. The van der Waals surface area contributed by atoms with Gasteiger partial charge in [0.15, 0.2) is 5.76 Å². The Morgan fingerprint density at radius 2 is 2.00 bits per heavy atom. The van der Waals surface area contributed by atoms with Crippen molar-refractivity contribution in [2.24, 2.45) is 0 Å². The van der Waals surface area contributed by atoms with Crippen LogP contribution in [0.5, 0.6) is 0 Å². The van der Waals surface area contributed by atoms with Crippen molar-refractivity contribution in [2.75, 3.05) is 0 Å². The molecule has 0 aliphatic rings. The minimum absolute atomic E-state index is 0.738. The summed E-state index contributed by atoms with van der Waals surface area (Å²) in [6.45, 7) is 0. The average molecular weight is 223 g/mol. The van der Waals surface area contributed by atoms with Crippen molar-refractivity contribution < 1.29 is 4.52 Å². The van der Waals surface area contributed by atoms with E-state index in [1.807, 2.05) is 24.3 Å². The molecule has 0 atom stereocenters. The molecule has 59 valence electrons. The van der Waals surface area contributed by atoms with Crippen LogP contribution in [-0.2, 0) is 0 Å². The molecule has 2 rings (SSSR count). The van der Waals surface area contributed by atoms with Crippen molar-refractivity contribution in [1.82, 2.24) is 5.16 Å². The SMILES string of the molecule is Brc1ccc(-c2c[c]no2)cc1. The van der Waals surface area contributed by atoms with Gasteiger partial charge in [-0.3, -0.25) is 0 Å². The van der Waals surface area contributed by atoms with Gasteiger partial charge in [0.1, 0.15) is 6.20 Å². The maximum atomic E-state index is 4.94. The highest BCUT2D eigenvalue weighted by molar-refractivity contribution is 9.10. The summed E-state index contributed by atoms with van der Waals surface area (Å²) in [5, 5.41) is 3.51. The van der Waals surface area contributed by atoms with E-state index < -0.39 is 0 Å². The highest BCUT2D eigenvalue weighted by Crippen LogP contribution is 2.20. The molecule has 0 fully saturated rings. The number of aromatic nitrogens is 1. The van der Waals surface area contributed by atoms with E-state index >= 15 is 0 Å². The van der Waals surface area contributed by atoms with Gasteiger partial charge in [-0.2, -0.15) is 0 Å². The Labute approximate surface area is 78.3 Å². The summed E-state index contributed by atoms with van der Waals surface area (Å²) in [5.41, 5.74) is 1.01. The second-order valence-corrected chi connectivity index (χ2v) is 3.24. The lowest BCUT2D eigenvalue weighted by Gasteiger charge is -1.93. The molecule has 3 heteroatoms. The number of rotatable bonds is 1. The first-order valence-corrected chi connectivity index (χ1v) is 4.24. The molecular formula is C9H5BrNO. The van der Waals surface area contributed by atoms with E-state index in [4.69, 9.17) is 4.52 Å². The fraction of sp³-hybridized carbons (Fsp3) is 0. The van der Waals surface area contributed by atoms with E-state index in [1.165, 1.54) is 0 Å². The zero-order valence-electron chi connectivity index (χ0n) is 6.12. The first kappa shape index (κ1) is 7.55. The van der Waals surface area contributed by atoms with Crippen LogP contribution in [0.3, 0.4) is 0 Å². The molecule has 1 radical (unpaired) electrons. The van der Waals surface area contributed by atoms with Crippen LogP contribution >= 0.6 is 15.9 Å². The van der Waals surface area contributed by atoms with E-state index in [0.29, 0.717) is 0 Å². The zero-order chi connectivity index (χ0) is 8.39. The minimum Gasteiger partial charge on any atom is -0.356 e. The number of hydrogen-bond donors (Lipinski definition) is 0. The van der Waals surface area contributed by atoms with E-state index in [0.717, 1.165) is 15.8 Å². The quantitative estimate of drug-likeness (QED) is 0.742. The van der Waals surface area contributed by atoms with Crippen LogP contribution in [0.25, 0.3) is 11.3 Å². The van der Waals surface area contributed by atoms with Crippen molar-refractivity contribution in [3.8, 4) is 11.3 Å². The summed E-state index contributed by atoms with van der Waals surface area (Å²) in [6.07, 6.45) is 2.61. The summed E-state index contributed by atoms with van der Waals surface area (Å²) < 4.78 is 5.99. The van der Waals surface area contributed by atoms with Gasteiger partial charge in [0.05, 0.1) is 0 Å². The van der Waals surface area contributed by atoms with E-state index in [9.17, 15) is 0 Å². The van der Waals surface area contributed by atoms with Crippen LogP contribution in [0.2, 0.25) is 0 Å². The lowest BCUT2D eigenvalue weighted by atomic mass is 10.2. The van der Waals surface area contributed by atoms with Gasteiger partial charge >= 0.3 is 0 Å². The molecule has 0 bridgehead atoms. The molecule has 1 aromatic heterocycles. The van der Waals surface area contributed by atoms with Gasteiger partial charge in [0.2, 0.25) is 0 Å². The zero-order valence-corrected chi connectivity index (χ0v) is 7.71. The minimum atomic E-state index is 0.738. The van der Waals surface area contributed by atoms with Gasteiger partial charge in [-0.05, 0) is 12.1 Å². The van der Waals surface area contributed by atoms with Crippen molar-refractivity contribution in [3.63, 3.8) is 0 Å². The average Bonchev–Trinajstić information content (AvgIpc) is 2.58. The van der Waals surface area contributed by atoms with Crippen molar-refractivity contribution in [1.29, 1.82) is 0 Å². The predicted molar refractivity (Wildman–Crippen MR) is 48.5 cm³/mol. The second kappa shape index (κ2) is 3.11. The second-order valence-electron chi connectivity index (χ2n) is 2.33. The van der Waals surface area contributed by atoms with Gasteiger partial charge in [0, 0.05) is 16.1 Å². The summed E-state index contributed by atoms with van der Waals surface area (Å²) >= 11 is 3.35. The number of halogens is 1. The summed E-state index contributed by atoms with van der Waals surface area (Å²) in [7, 11) is 0. The Kier molecular flexibility index (Phi) is 1.96. The van der Waals surface area contributed by atoms with Crippen LogP contribution < -0.4 is 0 Å². The standard InChI is InChI=1S/C9H5BrNO/c10-8-3-1-7(2-4-8)9-5-6-11-12-9/h1-5H. The molecule has 0 N–H and O–H groups in total. The van der Waals surface area contributed by atoms with Gasteiger partial charge in [-0.15, -0.1) is 0 Å². The molecule has 0 aliphatic carbocycles. The highest BCUT2D eigenvalue weighted by Gasteiger charge is 1.99. The van der Waals surface area contributed by atoms with Crippen LogP contribution in [-0.4, -0.2) is 5.16 Å². The molecule has 2 aromatic rings. The normalized spacial score (nSPS) is 10.1. The third-order valence-corrected chi connectivity index (χ3v) is 2.05. The van der Waals surface area contributed by atoms with Gasteiger partial charge < -0.3 is 4.52 Å². The fourth-order valence-corrected chi connectivity index (χ4v) is 1.20. The highest BCUT2D eigenvalue weighted by atomic mass is 79.9. The first-order valence-electron chi connectivity index (χ1n) is 3.45. The molecule has 0 spiro atoms. The summed E-state index contributed by atoms with van der Waals surface area (Å²) in [6, 6.07) is 9.54. The Hall–Kier alpha value is -1.09. The molecular weight excluding hydrogens is 218 g/mol. The van der Waals surface area contributed by atoms with E-state index in [-0.39, 0.29) is 0 Å². The predicted octanol–water partition coefficient (Wildman–Crippen LogP) is 2.90. The molecule has 1 heterocycles. The van der Waals surface area contributed by atoms with E-state index in [1.54, 1.807) is 6.07 Å². The summed E-state index contributed by atoms with van der Waals surface area (Å²) in [4.78, 5) is 0. The molecule has 12 heavy (non-hydrogen) atoms. The molecule has 0 aliphatic heterocycles. The lowest BCUT2D eigenvalue weighted by molar-refractivity contribution is 0.431. The van der Waals surface area contributed by atoms with Crippen LogP contribution in [0.4, 0.5) is 0 Å². The largest absolute Gasteiger partial charge is 0.356 e. The molecule has 0 amide bonds.